The van der Waals surface area contributed by atoms with E-state index in [1.54, 1.807) is 6.33 Å². The van der Waals surface area contributed by atoms with E-state index in [-0.39, 0.29) is 0 Å². The lowest BCUT2D eigenvalue weighted by atomic mass is 10.1. The molecule has 0 bridgehead atoms. The van der Waals surface area contributed by atoms with Crippen molar-refractivity contribution in [3.63, 3.8) is 0 Å². The lowest BCUT2D eigenvalue weighted by Gasteiger charge is -2.23. The Kier molecular flexibility index (Phi) is 2.87. The molecule has 0 aromatic carbocycles. The van der Waals surface area contributed by atoms with Gasteiger partial charge in [-0.15, -0.1) is 0 Å². The van der Waals surface area contributed by atoms with Gasteiger partial charge in [-0.2, -0.15) is 10.2 Å². The SMILES string of the molecule is c1cnn(CCNC2CCc3ncnn3C2)c1. The van der Waals surface area contributed by atoms with E-state index >= 15 is 0 Å². The van der Waals surface area contributed by atoms with E-state index in [1.165, 1.54) is 0 Å². The van der Waals surface area contributed by atoms with Gasteiger partial charge >= 0.3 is 0 Å². The van der Waals surface area contributed by atoms with Crippen molar-refractivity contribution in [2.24, 2.45) is 0 Å². The molecular formula is C11H16N6. The molecule has 3 heterocycles. The Balaban J connectivity index is 1.48. The van der Waals surface area contributed by atoms with E-state index in [9.17, 15) is 0 Å². The van der Waals surface area contributed by atoms with Crippen LogP contribution in [0, 0.1) is 0 Å². The molecule has 2 aromatic heterocycles. The fourth-order valence-corrected chi connectivity index (χ4v) is 2.22. The van der Waals surface area contributed by atoms with Gasteiger partial charge in [-0.05, 0) is 12.5 Å². The van der Waals surface area contributed by atoms with E-state index in [0.717, 1.165) is 38.3 Å². The predicted octanol–water partition coefficient (Wildman–Crippen LogP) is 0.0792. The lowest BCUT2D eigenvalue weighted by Crippen LogP contribution is -2.39. The zero-order chi connectivity index (χ0) is 11.5. The highest BCUT2D eigenvalue weighted by Gasteiger charge is 2.18. The molecule has 3 rings (SSSR count). The Labute approximate surface area is 99.7 Å². The second kappa shape index (κ2) is 4.67. The molecular weight excluding hydrogens is 216 g/mol. The average Bonchev–Trinajstić information content (AvgIpc) is 2.98. The molecule has 0 amide bonds. The van der Waals surface area contributed by atoms with Crippen LogP contribution in [0.5, 0.6) is 0 Å². The van der Waals surface area contributed by atoms with Crippen molar-refractivity contribution < 1.29 is 0 Å². The van der Waals surface area contributed by atoms with Gasteiger partial charge < -0.3 is 5.32 Å². The molecule has 17 heavy (non-hydrogen) atoms. The highest BCUT2D eigenvalue weighted by molar-refractivity contribution is 4.92. The van der Waals surface area contributed by atoms with Gasteiger partial charge in [0.05, 0.1) is 13.1 Å². The van der Waals surface area contributed by atoms with Crippen LogP contribution >= 0.6 is 0 Å². The normalized spacial score (nSPS) is 19.2. The van der Waals surface area contributed by atoms with E-state index in [1.807, 2.05) is 27.8 Å². The summed E-state index contributed by atoms with van der Waals surface area (Å²) in [6, 6.07) is 2.45. The van der Waals surface area contributed by atoms with Gasteiger partial charge in [0, 0.05) is 31.4 Å². The van der Waals surface area contributed by atoms with E-state index in [0.29, 0.717) is 6.04 Å². The van der Waals surface area contributed by atoms with Crippen LogP contribution in [0.2, 0.25) is 0 Å². The Bertz CT molecular complexity index is 460. The van der Waals surface area contributed by atoms with Crippen molar-refractivity contribution in [3.8, 4) is 0 Å². The first-order valence-corrected chi connectivity index (χ1v) is 5.99. The van der Waals surface area contributed by atoms with Crippen molar-refractivity contribution in [1.29, 1.82) is 0 Å². The fraction of sp³-hybridized carbons (Fsp3) is 0.545. The molecule has 1 atom stereocenters. The number of nitrogens with one attached hydrogen (secondary N) is 1. The van der Waals surface area contributed by atoms with Crippen molar-refractivity contribution in [1.82, 2.24) is 29.9 Å². The summed E-state index contributed by atoms with van der Waals surface area (Å²) in [4.78, 5) is 4.22. The molecule has 0 radical (unpaired) electrons. The monoisotopic (exact) mass is 232 g/mol. The van der Waals surface area contributed by atoms with Crippen molar-refractivity contribution in [3.05, 3.63) is 30.6 Å². The van der Waals surface area contributed by atoms with Crippen molar-refractivity contribution in [2.45, 2.75) is 32.0 Å². The van der Waals surface area contributed by atoms with Crippen LogP contribution in [-0.2, 0) is 19.5 Å². The van der Waals surface area contributed by atoms with Crippen LogP contribution in [0.15, 0.2) is 24.8 Å². The van der Waals surface area contributed by atoms with Crippen LogP contribution in [0.3, 0.4) is 0 Å². The smallest absolute Gasteiger partial charge is 0.138 e. The average molecular weight is 232 g/mol. The number of fused-ring (bicyclic) bond motifs is 1. The highest BCUT2D eigenvalue weighted by atomic mass is 15.3. The van der Waals surface area contributed by atoms with Crippen molar-refractivity contribution in [2.75, 3.05) is 6.54 Å². The Hall–Kier alpha value is -1.69. The van der Waals surface area contributed by atoms with Crippen LogP contribution in [-0.4, -0.2) is 37.1 Å². The first-order chi connectivity index (χ1) is 8.42. The molecule has 0 aliphatic carbocycles. The number of hydrogen-bond acceptors (Lipinski definition) is 4. The minimum atomic E-state index is 0.500. The van der Waals surface area contributed by atoms with E-state index < -0.39 is 0 Å². The number of aryl methyl sites for hydroxylation is 1. The van der Waals surface area contributed by atoms with Gasteiger partial charge in [-0.3, -0.25) is 4.68 Å². The van der Waals surface area contributed by atoms with Crippen LogP contribution < -0.4 is 5.32 Å². The second-order valence-electron chi connectivity index (χ2n) is 4.32. The number of hydrogen-bond donors (Lipinski definition) is 1. The molecule has 1 N–H and O–H groups in total. The molecule has 0 saturated carbocycles. The molecule has 0 fully saturated rings. The van der Waals surface area contributed by atoms with Gasteiger partial charge in [-0.25, -0.2) is 9.67 Å². The quantitative estimate of drug-likeness (QED) is 0.811. The third-order valence-corrected chi connectivity index (χ3v) is 3.14. The Morgan fingerprint density at radius 2 is 2.41 bits per heavy atom. The zero-order valence-electron chi connectivity index (χ0n) is 9.66. The summed E-state index contributed by atoms with van der Waals surface area (Å²) in [5.74, 6) is 1.11. The minimum absolute atomic E-state index is 0.500. The van der Waals surface area contributed by atoms with Gasteiger partial charge in [0.15, 0.2) is 0 Å². The maximum Gasteiger partial charge on any atom is 0.138 e. The second-order valence-corrected chi connectivity index (χ2v) is 4.32. The van der Waals surface area contributed by atoms with Crippen LogP contribution in [0.1, 0.15) is 12.2 Å². The largest absolute Gasteiger partial charge is 0.310 e. The molecule has 2 aromatic rings. The summed E-state index contributed by atoms with van der Waals surface area (Å²) >= 11 is 0. The maximum absolute atomic E-state index is 4.22. The molecule has 1 unspecified atom stereocenters. The number of aromatic nitrogens is 5. The third-order valence-electron chi connectivity index (χ3n) is 3.14. The number of rotatable bonds is 4. The van der Waals surface area contributed by atoms with Gasteiger partial charge in [0.1, 0.15) is 12.2 Å². The summed E-state index contributed by atoms with van der Waals surface area (Å²) in [6.45, 7) is 2.78. The maximum atomic E-state index is 4.22. The summed E-state index contributed by atoms with van der Waals surface area (Å²) in [6.07, 6.45) is 7.58. The first-order valence-electron chi connectivity index (χ1n) is 5.99. The summed E-state index contributed by atoms with van der Waals surface area (Å²) in [5.41, 5.74) is 0. The van der Waals surface area contributed by atoms with E-state index in [2.05, 4.69) is 20.5 Å². The minimum Gasteiger partial charge on any atom is -0.310 e. The third kappa shape index (κ3) is 2.36. The summed E-state index contributed by atoms with van der Waals surface area (Å²) < 4.78 is 3.94. The molecule has 6 heteroatoms. The molecule has 1 aliphatic heterocycles. The topological polar surface area (TPSA) is 60.6 Å². The fourth-order valence-electron chi connectivity index (χ4n) is 2.22. The summed E-state index contributed by atoms with van der Waals surface area (Å²) in [7, 11) is 0. The Morgan fingerprint density at radius 1 is 1.41 bits per heavy atom. The molecule has 6 nitrogen and oxygen atoms in total. The summed E-state index contributed by atoms with van der Waals surface area (Å²) in [5, 5.41) is 11.9. The molecule has 0 spiro atoms. The first kappa shape index (κ1) is 10.5. The van der Waals surface area contributed by atoms with Crippen LogP contribution in [0.25, 0.3) is 0 Å². The number of nitrogens with zero attached hydrogens (tertiary/aromatic N) is 5. The predicted molar refractivity (Wildman–Crippen MR) is 62.4 cm³/mol. The van der Waals surface area contributed by atoms with Crippen LogP contribution in [0.4, 0.5) is 0 Å². The van der Waals surface area contributed by atoms with Gasteiger partial charge in [-0.1, -0.05) is 0 Å². The van der Waals surface area contributed by atoms with Gasteiger partial charge in [0.25, 0.3) is 0 Å². The van der Waals surface area contributed by atoms with E-state index in [4.69, 9.17) is 0 Å². The highest BCUT2D eigenvalue weighted by Crippen LogP contribution is 2.10. The molecule has 1 aliphatic rings. The zero-order valence-corrected chi connectivity index (χ0v) is 9.66. The lowest BCUT2D eigenvalue weighted by molar-refractivity contribution is 0.352. The standard InChI is InChI=1S/C11H16N6/c1-4-14-16(6-1)7-5-12-10-2-3-11-13-9-15-17(11)8-10/h1,4,6,9-10,12H,2-3,5,7-8H2. The Morgan fingerprint density at radius 3 is 3.29 bits per heavy atom. The molecule has 0 saturated heterocycles. The van der Waals surface area contributed by atoms with Gasteiger partial charge in [0.2, 0.25) is 0 Å². The van der Waals surface area contributed by atoms with Crippen molar-refractivity contribution >= 4 is 0 Å². The molecule has 90 valence electrons.